The van der Waals surface area contributed by atoms with Gasteiger partial charge in [-0.05, 0) is 32.2 Å². The van der Waals surface area contributed by atoms with E-state index >= 15 is 0 Å². The zero-order valence-electron chi connectivity index (χ0n) is 9.63. The molecular formula is C10H21ClN2O2S. The summed E-state index contributed by atoms with van der Waals surface area (Å²) in [5.41, 5.74) is 5.56. The first-order chi connectivity index (χ1) is 7.01. The number of hydrogen-bond acceptors (Lipinski definition) is 3. The summed E-state index contributed by atoms with van der Waals surface area (Å²) in [7, 11) is -3.11. The molecule has 6 heteroatoms. The van der Waals surface area contributed by atoms with Crippen LogP contribution in [0.1, 0.15) is 19.8 Å². The Labute approximate surface area is 104 Å². The van der Waals surface area contributed by atoms with Gasteiger partial charge in [-0.15, -0.1) is 19.0 Å². The van der Waals surface area contributed by atoms with Gasteiger partial charge in [0, 0.05) is 12.6 Å². The minimum absolute atomic E-state index is 0. The van der Waals surface area contributed by atoms with Crippen molar-refractivity contribution in [3.05, 3.63) is 12.7 Å². The van der Waals surface area contributed by atoms with Crippen LogP contribution in [-0.4, -0.2) is 37.6 Å². The number of sulfonamides is 1. The first kappa shape index (κ1) is 15.9. The van der Waals surface area contributed by atoms with Crippen molar-refractivity contribution in [1.29, 1.82) is 0 Å². The Kier molecular flexibility index (Phi) is 6.55. The summed E-state index contributed by atoms with van der Waals surface area (Å²) in [4.78, 5) is 0. The summed E-state index contributed by atoms with van der Waals surface area (Å²) in [5, 5.41) is 0. The lowest BCUT2D eigenvalue weighted by Gasteiger charge is -2.20. The van der Waals surface area contributed by atoms with E-state index in [1.807, 2.05) is 6.92 Å². The highest BCUT2D eigenvalue weighted by Crippen LogP contribution is 2.25. The lowest BCUT2D eigenvalue weighted by molar-refractivity contribution is 0.405. The molecule has 1 fully saturated rings. The standard InChI is InChI=1S/C10H20N2O2S.ClH/c1-3-4-5-15(13,14)12-8-10(7-11)6-9(12)2;/h3,9-10H,1,4-8,11H2,2H3;1H. The molecule has 1 rings (SSSR count). The SMILES string of the molecule is C=CCCS(=O)(=O)N1CC(CN)CC1C.Cl. The fourth-order valence-electron chi connectivity index (χ4n) is 2.02. The van der Waals surface area contributed by atoms with Gasteiger partial charge in [0.1, 0.15) is 0 Å². The largest absolute Gasteiger partial charge is 0.330 e. The van der Waals surface area contributed by atoms with Crippen LogP contribution in [-0.2, 0) is 10.0 Å². The summed E-state index contributed by atoms with van der Waals surface area (Å²) in [5.74, 6) is 0.483. The Bertz CT molecular complexity index is 319. The summed E-state index contributed by atoms with van der Waals surface area (Å²) in [6.45, 7) is 6.63. The normalized spacial score (nSPS) is 26.4. The van der Waals surface area contributed by atoms with Crippen molar-refractivity contribution in [2.45, 2.75) is 25.8 Å². The van der Waals surface area contributed by atoms with E-state index in [-0.39, 0.29) is 24.2 Å². The van der Waals surface area contributed by atoms with E-state index in [0.29, 0.717) is 25.4 Å². The van der Waals surface area contributed by atoms with Gasteiger partial charge in [-0.2, -0.15) is 4.31 Å². The number of hydrogen-bond donors (Lipinski definition) is 1. The van der Waals surface area contributed by atoms with E-state index in [0.717, 1.165) is 6.42 Å². The predicted octanol–water partition coefficient (Wildman–Crippen LogP) is 0.983. The summed E-state index contributed by atoms with van der Waals surface area (Å²) >= 11 is 0. The predicted molar refractivity (Wildman–Crippen MR) is 69.2 cm³/mol. The third-order valence-corrected chi connectivity index (χ3v) is 4.85. The molecule has 0 saturated carbocycles. The number of nitrogens with two attached hydrogens (primary N) is 1. The highest BCUT2D eigenvalue weighted by atomic mass is 35.5. The third kappa shape index (κ3) is 3.73. The van der Waals surface area contributed by atoms with Crippen molar-refractivity contribution in [3.63, 3.8) is 0 Å². The second-order valence-electron chi connectivity index (χ2n) is 4.15. The maximum Gasteiger partial charge on any atom is 0.214 e. The topological polar surface area (TPSA) is 63.4 Å². The molecule has 4 nitrogen and oxygen atoms in total. The minimum atomic E-state index is -3.11. The molecule has 0 aromatic heterocycles. The van der Waals surface area contributed by atoms with Crippen molar-refractivity contribution in [1.82, 2.24) is 4.31 Å². The molecule has 0 aliphatic carbocycles. The third-order valence-electron chi connectivity index (χ3n) is 2.87. The summed E-state index contributed by atoms with van der Waals surface area (Å²) < 4.78 is 25.4. The zero-order valence-corrected chi connectivity index (χ0v) is 11.3. The van der Waals surface area contributed by atoms with Crippen LogP contribution in [0.3, 0.4) is 0 Å². The number of rotatable bonds is 5. The molecule has 0 aromatic rings. The highest BCUT2D eigenvalue weighted by Gasteiger charge is 2.35. The highest BCUT2D eigenvalue weighted by molar-refractivity contribution is 7.89. The number of halogens is 1. The van der Waals surface area contributed by atoms with E-state index < -0.39 is 10.0 Å². The zero-order chi connectivity index (χ0) is 11.5. The first-order valence-electron chi connectivity index (χ1n) is 5.31. The van der Waals surface area contributed by atoms with Crippen molar-refractivity contribution < 1.29 is 8.42 Å². The molecular weight excluding hydrogens is 248 g/mol. The molecule has 2 atom stereocenters. The van der Waals surface area contributed by atoms with Crippen LogP contribution in [0.4, 0.5) is 0 Å². The fourth-order valence-corrected chi connectivity index (χ4v) is 3.79. The van der Waals surface area contributed by atoms with Gasteiger partial charge in [0.05, 0.1) is 5.75 Å². The molecule has 1 saturated heterocycles. The van der Waals surface area contributed by atoms with Gasteiger partial charge in [-0.3, -0.25) is 0 Å². The van der Waals surface area contributed by atoms with E-state index in [1.54, 1.807) is 10.4 Å². The average molecular weight is 269 g/mol. The van der Waals surface area contributed by atoms with Crippen LogP contribution in [0.5, 0.6) is 0 Å². The molecule has 96 valence electrons. The number of nitrogens with zero attached hydrogens (tertiary/aromatic N) is 1. The van der Waals surface area contributed by atoms with Crippen LogP contribution >= 0.6 is 12.4 Å². The monoisotopic (exact) mass is 268 g/mol. The molecule has 0 bridgehead atoms. The molecule has 1 heterocycles. The van der Waals surface area contributed by atoms with Crippen molar-refractivity contribution in [2.75, 3.05) is 18.8 Å². The summed E-state index contributed by atoms with van der Waals surface area (Å²) in [6.07, 6.45) is 3.03. The molecule has 1 aliphatic rings. The van der Waals surface area contributed by atoms with Crippen molar-refractivity contribution in [3.8, 4) is 0 Å². The van der Waals surface area contributed by atoms with E-state index in [2.05, 4.69) is 6.58 Å². The smallest absolute Gasteiger partial charge is 0.214 e. The molecule has 16 heavy (non-hydrogen) atoms. The Balaban J connectivity index is 0.00000225. The van der Waals surface area contributed by atoms with Crippen LogP contribution in [0, 0.1) is 5.92 Å². The maximum atomic E-state index is 11.9. The Morgan fingerprint density at radius 3 is 2.62 bits per heavy atom. The molecule has 0 spiro atoms. The quantitative estimate of drug-likeness (QED) is 0.756. The van der Waals surface area contributed by atoms with Gasteiger partial charge >= 0.3 is 0 Å². The Morgan fingerprint density at radius 1 is 1.56 bits per heavy atom. The van der Waals surface area contributed by atoms with Crippen LogP contribution < -0.4 is 5.73 Å². The molecule has 2 N–H and O–H groups in total. The van der Waals surface area contributed by atoms with E-state index in [4.69, 9.17) is 5.73 Å². The van der Waals surface area contributed by atoms with E-state index in [1.165, 1.54) is 0 Å². The molecule has 0 amide bonds. The van der Waals surface area contributed by atoms with Gasteiger partial charge < -0.3 is 5.73 Å². The van der Waals surface area contributed by atoms with Crippen LogP contribution in [0.15, 0.2) is 12.7 Å². The van der Waals surface area contributed by atoms with Gasteiger partial charge in [0.25, 0.3) is 0 Å². The Hall–Kier alpha value is -0.100. The number of allylic oxidation sites excluding steroid dienone is 1. The second-order valence-corrected chi connectivity index (χ2v) is 6.19. The second kappa shape index (κ2) is 6.59. The average Bonchev–Trinajstić information content (AvgIpc) is 2.57. The lowest BCUT2D eigenvalue weighted by atomic mass is 10.1. The van der Waals surface area contributed by atoms with Gasteiger partial charge in [0.15, 0.2) is 0 Å². The molecule has 2 unspecified atom stereocenters. The van der Waals surface area contributed by atoms with Crippen LogP contribution in [0.2, 0.25) is 0 Å². The minimum Gasteiger partial charge on any atom is -0.330 e. The fraction of sp³-hybridized carbons (Fsp3) is 0.800. The summed E-state index contributed by atoms with van der Waals surface area (Å²) in [6, 6.07) is 0.0911. The van der Waals surface area contributed by atoms with Gasteiger partial charge in [0.2, 0.25) is 10.0 Å². The molecule has 1 aliphatic heterocycles. The first-order valence-corrected chi connectivity index (χ1v) is 6.92. The maximum absolute atomic E-state index is 11.9. The molecule has 0 aromatic carbocycles. The van der Waals surface area contributed by atoms with Gasteiger partial charge in [-0.1, -0.05) is 6.08 Å². The molecule has 0 radical (unpaired) electrons. The Morgan fingerprint density at radius 2 is 2.19 bits per heavy atom. The van der Waals surface area contributed by atoms with Crippen LogP contribution in [0.25, 0.3) is 0 Å². The van der Waals surface area contributed by atoms with Gasteiger partial charge in [-0.25, -0.2) is 8.42 Å². The van der Waals surface area contributed by atoms with Crippen molar-refractivity contribution >= 4 is 22.4 Å². The lowest BCUT2D eigenvalue weighted by Crippen LogP contribution is -2.36. The van der Waals surface area contributed by atoms with Crippen molar-refractivity contribution in [2.24, 2.45) is 11.7 Å². The van der Waals surface area contributed by atoms with E-state index in [9.17, 15) is 8.42 Å².